The van der Waals surface area contributed by atoms with Gasteiger partial charge in [0.1, 0.15) is 6.61 Å². The normalized spacial score (nSPS) is 20.7. The molecule has 0 saturated heterocycles. The molecule has 2 heterocycles. The molecule has 0 amide bonds. The third kappa shape index (κ3) is 2.50. The van der Waals surface area contributed by atoms with Crippen LogP contribution in [0.2, 0.25) is 0 Å². The molecule has 0 aromatic heterocycles. The lowest BCUT2D eigenvalue weighted by Gasteiger charge is -2.29. The summed E-state index contributed by atoms with van der Waals surface area (Å²) in [5.41, 5.74) is 0.0650. The van der Waals surface area contributed by atoms with Crippen LogP contribution in [0.15, 0.2) is 46.8 Å². The van der Waals surface area contributed by atoms with Gasteiger partial charge in [-0.2, -0.15) is 13.2 Å². The van der Waals surface area contributed by atoms with Crippen molar-refractivity contribution in [2.45, 2.75) is 25.9 Å². The molecule has 24 heavy (non-hydrogen) atoms. The van der Waals surface area contributed by atoms with Crippen LogP contribution in [0.4, 0.5) is 13.2 Å². The average molecular weight is 337 g/mol. The molecule has 126 valence electrons. The molecule has 0 saturated carbocycles. The van der Waals surface area contributed by atoms with Crippen molar-refractivity contribution in [1.82, 2.24) is 5.32 Å². The third-order valence-electron chi connectivity index (χ3n) is 4.17. The van der Waals surface area contributed by atoms with Crippen molar-refractivity contribution in [2.24, 2.45) is 0 Å². The number of rotatable bonds is 2. The van der Waals surface area contributed by atoms with E-state index in [1.54, 1.807) is 6.92 Å². The fourth-order valence-electron chi connectivity index (χ4n) is 3.25. The highest BCUT2D eigenvalue weighted by molar-refractivity contribution is 6.03. The summed E-state index contributed by atoms with van der Waals surface area (Å²) < 4.78 is 45.2. The highest BCUT2D eigenvalue weighted by Gasteiger charge is 2.44. The van der Waals surface area contributed by atoms with E-state index in [2.05, 4.69) is 5.32 Å². The molecule has 2 aliphatic rings. The number of carbonyl (C=O) groups is 2. The number of hydrogen-bond acceptors (Lipinski definition) is 4. The number of Topliss-reactive ketones (excluding diaryl/α,β-unsaturated/α-hetero) is 1. The van der Waals surface area contributed by atoms with E-state index in [0.717, 1.165) is 6.07 Å². The number of benzene rings is 1. The SMILES string of the molecule is CC(=O)C1=C(C)NC2=C(C(=O)OC2)C1c1ccccc1C(F)(F)F. The highest BCUT2D eigenvalue weighted by Crippen LogP contribution is 2.45. The van der Waals surface area contributed by atoms with Crippen LogP contribution in [0.25, 0.3) is 0 Å². The van der Waals surface area contributed by atoms with Gasteiger partial charge in [-0.25, -0.2) is 4.79 Å². The molecular weight excluding hydrogens is 323 g/mol. The maximum absolute atomic E-state index is 13.4. The predicted octanol–water partition coefficient (Wildman–Crippen LogP) is 3.07. The monoisotopic (exact) mass is 337 g/mol. The second-order valence-corrected chi connectivity index (χ2v) is 5.71. The standard InChI is InChI=1S/C17H14F3NO3/c1-8-13(9(2)22)14(15-12(21-8)7-24-16(15)23)10-5-3-4-6-11(10)17(18,19)20/h3-6,14,21H,7H2,1-2H3. The van der Waals surface area contributed by atoms with Crippen molar-refractivity contribution in [3.63, 3.8) is 0 Å². The van der Waals surface area contributed by atoms with Gasteiger partial charge in [0.15, 0.2) is 5.78 Å². The summed E-state index contributed by atoms with van der Waals surface area (Å²) in [6.45, 7) is 2.84. The van der Waals surface area contributed by atoms with E-state index >= 15 is 0 Å². The second kappa shape index (κ2) is 5.51. The van der Waals surface area contributed by atoms with E-state index in [1.165, 1.54) is 25.1 Å². The molecule has 1 N–H and O–H groups in total. The lowest BCUT2D eigenvalue weighted by molar-refractivity contribution is -0.139. The zero-order valence-electron chi connectivity index (χ0n) is 13.0. The highest BCUT2D eigenvalue weighted by atomic mass is 19.4. The molecule has 2 aliphatic heterocycles. The summed E-state index contributed by atoms with van der Waals surface area (Å²) in [7, 11) is 0. The second-order valence-electron chi connectivity index (χ2n) is 5.71. The van der Waals surface area contributed by atoms with Gasteiger partial charge >= 0.3 is 12.1 Å². The zero-order valence-corrected chi connectivity index (χ0v) is 13.0. The van der Waals surface area contributed by atoms with Crippen molar-refractivity contribution in [2.75, 3.05) is 6.61 Å². The molecule has 1 aromatic carbocycles. The van der Waals surface area contributed by atoms with E-state index in [4.69, 9.17) is 4.74 Å². The molecule has 1 unspecified atom stereocenters. The number of dihydropyridines is 1. The summed E-state index contributed by atoms with van der Waals surface area (Å²) in [4.78, 5) is 24.2. The van der Waals surface area contributed by atoms with E-state index in [-0.39, 0.29) is 23.3 Å². The van der Waals surface area contributed by atoms with Gasteiger partial charge in [0.2, 0.25) is 0 Å². The maximum atomic E-state index is 13.4. The predicted molar refractivity (Wildman–Crippen MR) is 78.7 cm³/mol. The van der Waals surface area contributed by atoms with E-state index in [0.29, 0.717) is 11.4 Å². The Hall–Kier alpha value is -2.57. The number of hydrogen-bond donors (Lipinski definition) is 1. The Labute approximate surface area is 136 Å². The largest absolute Gasteiger partial charge is 0.456 e. The Morgan fingerprint density at radius 2 is 1.96 bits per heavy atom. The zero-order chi connectivity index (χ0) is 17.6. The molecule has 0 bridgehead atoms. The van der Waals surface area contributed by atoms with Crippen LogP contribution >= 0.6 is 0 Å². The van der Waals surface area contributed by atoms with E-state index in [9.17, 15) is 22.8 Å². The van der Waals surface area contributed by atoms with Gasteiger partial charge < -0.3 is 10.1 Å². The quantitative estimate of drug-likeness (QED) is 0.843. The molecule has 4 nitrogen and oxygen atoms in total. The summed E-state index contributed by atoms with van der Waals surface area (Å²) in [6.07, 6.45) is -4.60. The molecule has 0 spiro atoms. The van der Waals surface area contributed by atoms with Crippen molar-refractivity contribution in [3.05, 3.63) is 57.9 Å². The van der Waals surface area contributed by atoms with Crippen molar-refractivity contribution in [3.8, 4) is 0 Å². The number of allylic oxidation sites excluding steroid dienone is 2. The minimum atomic E-state index is -4.60. The maximum Gasteiger partial charge on any atom is 0.416 e. The van der Waals surface area contributed by atoms with Gasteiger partial charge in [0.05, 0.1) is 16.8 Å². The minimum absolute atomic E-state index is 0.0403. The number of carbonyl (C=O) groups excluding carboxylic acids is 2. The number of ether oxygens (including phenoxy) is 1. The van der Waals surface area contributed by atoms with E-state index < -0.39 is 29.4 Å². The lowest BCUT2D eigenvalue weighted by Crippen LogP contribution is -2.29. The smallest absolute Gasteiger partial charge is 0.416 e. The fourth-order valence-corrected chi connectivity index (χ4v) is 3.25. The van der Waals surface area contributed by atoms with Crippen LogP contribution < -0.4 is 5.32 Å². The summed E-state index contributed by atoms with van der Waals surface area (Å²) in [5, 5.41) is 2.91. The molecule has 0 aliphatic carbocycles. The van der Waals surface area contributed by atoms with Gasteiger partial charge in [0.25, 0.3) is 0 Å². The molecule has 0 radical (unpaired) electrons. The van der Waals surface area contributed by atoms with Gasteiger partial charge in [0, 0.05) is 17.2 Å². The van der Waals surface area contributed by atoms with Crippen LogP contribution in [-0.4, -0.2) is 18.4 Å². The number of esters is 1. The Balaban J connectivity index is 2.28. The topological polar surface area (TPSA) is 55.4 Å². The number of ketones is 1. The molecule has 0 fully saturated rings. The van der Waals surface area contributed by atoms with Crippen molar-refractivity contribution >= 4 is 11.8 Å². The number of halogens is 3. The summed E-state index contributed by atoms with van der Waals surface area (Å²) in [6, 6.07) is 4.98. The Morgan fingerprint density at radius 1 is 1.29 bits per heavy atom. The van der Waals surface area contributed by atoms with Gasteiger partial charge in [-0.15, -0.1) is 0 Å². The van der Waals surface area contributed by atoms with Crippen LogP contribution in [0, 0.1) is 0 Å². The molecule has 7 heteroatoms. The Kier molecular flexibility index (Phi) is 3.74. The molecular formula is C17H14F3NO3. The molecule has 1 atom stereocenters. The molecule has 1 aromatic rings. The van der Waals surface area contributed by atoms with Gasteiger partial charge in [-0.1, -0.05) is 18.2 Å². The first kappa shape index (κ1) is 16.3. The van der Waals surface area contributed by atoms with Crippen LogP contribution in [0.1, 0.15) is 30.9 Å². The summed E-state index contributed by atoms with van der Waals surface area (Å²) >= 11 is 0. The molecule has 3 rings (SSSR count). The first-order chi connectivity index (χ1) is 11.2. The van der Waals surface area contributed by atoms with Crippen LogP contribution in [0.3, 0.4) is 0 Å². The number of alkyl halides is 3. The van der Waals surface area contributed by atoms with Gasteiger partial charge in [-0.3, -0.25) is 4.79 Å². The number of nitrogens with one attached hydrogen (secondary N) is 1. The average Bonchev–Trinajstić information content (AvgIpc) is 2.85. The van der Waals surface area contributed by atoms with Crippen molar-refractivity contribution < 1.29 is 27.5 Å². The van der Waals surface area contributed by atoms with Gasteiger partial charge in [-0.05, 0) is 25.5 Å². The third-order valence-corrected chi connectivity index (χ3v) is 4.17. The number of cyclic esters (lactones) is 1. The Bertz CT molecular complexity index is 804. The van der Waals surface area contributed by atoms with Crippen molar-refractivity contribution in [1.29, 1.82) is 0 Å². The van der Waals surface area contributed by atoms with E-state index in [1.807, 2.05) is 0 Å². The van der Waals surface area contributed by atoms with Crippen LogP contribution in [-0.2, 0) is 20.5 Å². The first-order valence-corrected chi connectivity index (χ1v) is 7.26. The minimum Gasteiger partial charge on any atom is -0.456 e. The fraction of sp³-hybridized carbons (Fsp3) is 0.294. The lowest BCUT2D eigenvalue weighted by atomic mass is 9.77. The Morgan fingerprint density at radius 3 is 2.58 bits per heavy atom. The van der Waals surface area contributed by atoms with Crippen LogP contribution in [0.5, 0.6) is 0 Å². The summed E-state index contributed by atoms with van der Waals surface area (Å²) in [5.74, 6) is -2.19. The first-order valence-electron chi connectivity index (χ1n) is 7.26.